The summed E-state index contributed by atoms with van der Waals surface area (Å²) in [6.07, 6.45) is 0. The van der Waals surface area contributed by atoms with E-state index in [1.54, 1.807) is 0 Å². The molecule has 0 saturated heterocycles. The Morgan fingerprint density at radius 3 is 1.34 bits per heavy atom. The fourth-order valence-corrected chi connectivity index (χ4v) is 9.15. The van der Waals surface area contributed by atoms with E-state index in [9.17, 15) is 0 Å². The van der Waals surface area contributed by atoms with Crippen molar-refractivity contribution in [3.8, 4) is 67.8 Å². The van der Waals surface area contributed by atoms with Crippen LogP contribution in [0.3, 0.4) is 0 Å². The molecular formula is C57H37N5. The van der Waals surface area contributed by atoms with Crippen molar-refractivity contribution in [1.82, 2.24) is 24.1 Å². The lowest BCUT2D eigenvalue weighted by Gasteiger charge is -2.17. The first-order valence-corrected chi connectivity index (χ1v) is 21.0. The molecule has 0 aliphatic heterocycles. The summed E-state index contributed by atoms with van der Waals surface area (Å²) in [5, 5.41) is 4.65. The molecule has 0 unspecified atom stereocenters. The van der Waals surface area contributed by atoms with E-state index in [-0.39, 0.29) is 0 Å². The van der Waals surface area contributed by atoms with Gasteiger partial charge in [0.25, 0.3) is 0 Å². The van der Waals surface area contributed by atoms with E-state index >= 15 is 0 Å². The maximum atomic E-state index is 5.50. The van der Waals surface area contributed by atoms with E-state index in [1.807, 2.05) is 0 Å². The summed E-state index contributed by atoms with van der Waals surface area (Å²) in [5.41, 5.74) is 13.8. The van der Waals surface area contributed by atoms with E-state index in [0.29, 0.717) is 17.6 Å². The molecule has 12 aromatic rings. The van der Waals surface area contributed by atoms with E-state index in [2.05, 4.69) is 234 Å². The quantitative estimate of drug-likeness (QED) is 0.162. The Labute approximate surface area is 358 Å². The third-order valence-electron chi connectivity index (χ3n) is 12.0. The lowest BCUT2D eigenvalue weighted by atomic mass is 9.94. The Morgan fingerprint density at radius 1 is 0.258 bits per heavy atom. The second-order valence-corrected chi connectivity index (χ2v) is 15.6. The highest BCUT2D eigenvalue weighted by molar-refractivity contribution is 6.11. The van der Waals surface area contributed by atoms with Crippen molar-refractivity contribution in [2.24, 2.45) is 0 Å². The van der Waals surface area contributed by atoms with Crippen molar-refractivity contribution >= 4 is 43.6 Å². The maximum absolute atomic E-state index is 5.50. The molecule has 0 aliphatic carbocycles. The number of fused-ring (bicyclic) bond motifs is 6. The summed E-state index contributed by atoms with van der Waals surface area (Å²) >= 11 is 0. The molecular weight excluding hydrogens is 755 g/mol. The first-order chi connectivity index (χ1) is 30.8. The van der Waals surface area contributed by atoms with Gasteiger partial charge >= 0.3 is 0 Å². The van der Waals surface area contributed by atoms with Crippen LogP contribution in [0.5, 0.6) is 0 Å². The number of hydrogen-bond donors (Lipinski definition) is 0. The van der Waals surface area contributed by atoms with Crippen molar-refractivity contribution in [3.63, 3.8) is 0 Å². The maximum Gasteiger partial charge on any atom is 0.238 e. The van der Waals surface area contributed by atoms with Crippen LogP contribution < -0.4 is 0 Å². The molecule has 5 nitrogen and oxygen atoms in total. The minimum atomic E-state index is 0.552. The summed E-state index contributed by atoms with van der Waals surface area (Å²) in [5.74, 6) is 1.72. The van der Waals surface area contributed by atoms with Crippen LogP contribution in [0.2, 0.25) is 0 Å². The van der Waals surface area contributed by atoms with Crippen LogP contribution in [0.15, 0.2) is 224 Å². The van der Waals surface area contributed by atoms with Crippen molar-refractivity contribution in [3.05, 3.63) is 224 Å². The van der Waals surface area contributed by atoms with E-state index in [1.165, 1.54) is 21.9 Å². The number of para-hydroxylation sites is 4. The average Bonchev–Trinajstić information content (AvgIpc) is 3.87. The molecule has 3 aromatic heterocycles. The molecule has 0 saturated carbocycles. The first kappa shape index (κ1) is 35.5. The van der Waals surface area contributed by atoms with Crippen molar-refractivity contribution in [2.45, 2.75) is 0 Å². The van der Waals surface area contributed by atoms with Gasteiger partial charge in [-0.25, -0.2) is 4.98 Å². The van der Waals surface area contributed by atoms with Gasteiger partial charge in [-0.1, -0.05) is 176 Å². The topological polar surface area (TPSA) is 48.5 Å². The third-order valence-corrected chi connectivity index (χ3v) is 12.0. The fourth-order valence-electron chi connectivity index (χ4n) is 9.15. The normalized spacial score (nSPS) is 11.5. The summed E-state index contributed by atoms with van der Waals surface area (Å²) in [4.78, 5) is 16.4. The fraction of sp³-hybridized carbons (Fsp3) is 0. The molecule has 0 fully saturated rings. The number of hydrogen-bond acceptors (Lipinski definition) is 3. The Hall–Kier alpha value is -8.41. The van der Waals surface area contributed by atoms with Crippen LogP contribution in [-0.4, -0.2) is 24.1 Å². The zero-order chi connectivity index (χ0) is 41.0. The molecule has 9 aromatic carbocycles. The lowest BCUT2D eigenvalue weighted by Crippen LogP contribution is -2.08. The molecule has 3 heterocycles. The first-order valence-electron chi connectivity index (χ1n) is 21.0. The number of aromatic nitrogens is 5. The van der Waals surface area contributed by atoms with Crippen LogP contribution in [0.25, 0.3) is 111 Å². The number of benzene rings is 9. The molecule has 5 heteroatoms. The highest BCUT2D eigenvalue weighted by Gasteiger charge is 2.23. The van der Waals surface area contributed by atoms with Crippen LogP contribution in [0.1, 0.15) is 0 Å². The van der Waals surface area contributed by atoms with Gasteiger partial charge in [-0.05, 0) is 81.9 Å². The summed E-state index contributed by atoms with van der Waals surface area (Å²) in [6, 6.07) is 79.2. The lowest BCUT2D eigenvalue weighted by molar-refractivity contribution is 0.952. The van der Waals surface area contributed by atoms with Gasteiger partial charge in [-0.2, -0.15) is 9.97 Å². The highest BCUT2D eigenvalue weighted by Crippen LogP contribution is 2.40. The third kappa shape index (κ3) is 5.90. The molecule has 0 aliphatic rings. The van der Waals surface area contributed by atoms with Gasteiger partial charge in [0.05, 0.1) is 27.8 Å². The Morgan fingerprint density at radius 2 is 0.710 bits per heavy atom. The van der Waals surface area contributed by atoms with Gasteiger partial charge in [-0.15, -0.1) is 0 Å². The van der Waals surface area contributed by atoms with Crippen molar-refractivity contribution in [1.29, 1.82) is 0 Å². The smallest absolute Gasteiger partial charge is 0.238 e. The zero-order valence-corrected chi connectivity index (χ0v) is 33.6. The van der Waals surface area contributed by atoms with Gasteiger partial charge in [-0.3, -0.25) is 4.57 Å². The molecule has 290 valence electrons. The predicted molar refractivity (Wildman–Crippen MR) is 256 cm³/mol. The standard InChI is InChI=1S/C57H37N5/c1-4-18-38(19-5-1)41-32-34-43(40-22-8-3-9-23-40)49(37-41)56-58-55(59-57(60-56)62-51-29-15-10-24-44(51)45-25-11-16-30-52(45)62)47-27-13-17-31-53(47)61-50-28-14-12-26-46(50)48-36-42(33-35-54(48)61)39-20-6-2-7-21-39/h1-37H. The molecule has 0 spiro atoms. The van der Waals surface area contributed by atoms with Crippen LogP contribution >= 0.6 is 0 Å². The molecule has 0 bridgehead atoms. The van der Waals surface area contributed by atoms with Crippen LogP contribution in [-0.2, 0) is 0 Å². The van der Waals surface area contributed by atoms with Gasteiger partial charge in [0.15, 0.2) is 11.6 Å². The number of rotatable bonds is 7. The second-order valence-electron chi connectivity index (χ2n) is 15.6. The molecule has 0 radical (unpaired) electrons. The van der Waals surface area contributed by atoms with Gasteiger partial charge < -0.3 is 4.57 Å². The largest absolute Gasteiger partial charge is 0.309 e. The van der Waals surface area contributed by atoms with Crippen LogP contribution in [0, 0.1) is 0 Å². The van der Waals surface area contributed by atoms with Gasteiger partial charge in [0.2, 0.25) is 5.95 Å². The zero-order valence-electron chi connectivity index (χ0n) is 33.6. The Balaban J connectivity index is 1.15. The minimum Gasteiger partial charge on any atom is -0.309 e. The Kier molecular flexibility index (Phi) is 8.42. The molecule has 0 N–H and O–H groups in total. The monoisotopic (exact) mass is 791 g/mol. The average molecular weight is 792 g/mol. The van der Waals surface area contributed by atoms with E-state index in [0.717, 1.165) is 71.9 Å². The molecule has 12 rings (SSSR count). The predicted octanol–water partition coefficient (Wildman–Crippen LogP) is 14.4. The highest BCUT2D eigenvalue weighted by atomic mass is 15.2. The number of nitrogens with zero attached hydrogens (tertiary/aromatic N) is 5. The Bertz CT molecular complexity index is 3570. The summed E-state index contributed by atoms with van der Waals surface area (Å²) < 4.78 is 4.56. The SMILES string of the molecule is c1ccc(-c2ccc(-c3ccccc3)c(-c3nc(-c4ccccc4-n4c5ccccc5c5cc(-c6ccccc6)ccc54)nc(-n4c5ccccc5c5ccccc54)n3)c2)cc1. The van der Waals surface area contributed by atoms with Gasteiger partial charge in [0, 0.05) is 32.7 Å². The van der Waals surface area contributed by atoms with Crippen molar-refractivity contribution < 1.29 is 0 Å². The van der Waals surface area contributed by atoms with Crippen molar-refractivity contribution in [2.75, 3.05) is 0 Å². The minimum absolute atomic E-state index is 0.552. The molecule has 62 heavy (non-hydrogen) atoms. The summed E-state index contributed by atoms with van der Waals surface area (Å²) in [7, 11) is 0. The second kappa shape index (κ2) is 14.7. The van der Waals surface area contributed by atoms with Crippen LogP contribution in [0.4, 0.5) is 0 Å². The molecule has 0 atom stereocenters. The summed E-state index contributed by atoms with van der Waals surface area (Å²) in [6.45, 7) is 0. The van der Waals surface area contributed by atoms with Gasteiger partial charge in [0.1, 0.15) is 0 Å². The van der Waals surface area contributed by atoms with E-state index < -0.39 is 0 Å². The van der Waals surface area contributed by atoms with E-state index in [4.69, 9.17) is 15.0 Å². The molecule has 0 amide bonds.